The van der Waals surface area contributed by atoms with E-state index < -0.39 is 29.6 Å². The summed E-state index contributed by atoms with van der Waals surface area (Å²) in [5.41, 5.74) is 0.524. The van der Waals surface area contributed by atoms with Crippen LogP contribution in [-0.4, -0.2) is 33.6 Å². The highest BCUT2D eigenvalue weighted by molar-refractivity contribution is 6.32. The van der Waals surface area contributed by atoms with E-state index in [9.17, 15) is 23.7 Å². The number of nitrogens with one attached hydrogen (secondary N) is 1. The van der Waals surface area contributed by atoms with Crippen molar-refractivity contribution in [2.24, 2.45) is 0 Å². The Labute approximate surface area is 185 Å². The third-order valence-electron chi connectivity index (χ3n) is 4.05. The molecule has 1 N–H and O–H groups in total. The quantitative estimate of drug-likeness (QED) is 0.362. The van der Waals surface area contributed by atoms with E-state index in [0.29, 0.717) is 10.8 Å². The minimum atomic E-state index is -2.76. The van der Waals surface area contributed by atoms with Crippen LogP contribution in [0.25, 0.3) is 0 Å². The van der Waals surface area contributed by atoms with Gasteiger partial charge in [0.05, 0.1) is 21.7 Å². The zero-order chi connectivity index (χ0) is 23.3. The lowest BCUT2D eigenvalue weighted by atomic mass is 10.2. The van der Waals surface area contributed by atoms with Crippen LogP contribution in [0.4, 0.5) is 20.2 Å². The van der Waals surface area contributed by atoms with Gasteiger partial charge in [-0.3, -0.25) is 14.9 Å². The Hall–Kier alpha value is -3.73. The summed E-state index contributed by atoms with van der Waals surface area (Å²) in [4.78, 5) is 22.8. The van der Waals surface area contributed by atoms with Crippen LogP contribution < -0.4 is 14.8 Å². The molecule has 0 aliphatic heterocycles. The number of rotatable bonds is 9. The topological polar surface area (TPSA) is 109 Å². The third-order valence-corrected chi connectivity index (χ3v) is 4.36. The lowest BCUT2D eigenvalue weighted by molar-refractivity contribution is -0.384. The second kappa shape index (κ2) is 10.1. The molecule has 3 aromatic rings. The van der Waals surface area contributed by atoms with Crippen LogP contribution in [0, 0.1) is 17.0 Å². The summed E-state index contributed by atoms with van der Waals surface area (Å²) >= 11 is 6.08. The SMILES string of the molecule is Cc1ccc(Cl)c(OCn2ccc(C(=O)Nc3cc(OCC(F)F)cc([N+](=O)[O-])c3)n2)c1. The maximum absolute atomic E-state index is 12.5. The summed E-state index contributed by atoms with van der Waals surface area (Å²) in [5, 5.41) is 18.0. The molecule has 1 heterocycles. The van der Waals surface area contributed by atoms with Gasteiger partial charge in [-0.1, -0.05) is 17.7 Å². The molecule has 1 amide bonds. The molecule has 0 aliphatic carbocycles. The van der Waals surface area contributed by atoms with Gasteiger partial charge in [0.1, 0.15) is 18.1 Å². The van der Waals surface area contributed by atoms with Crippen LogP contribution in [0.3, 0.4) is 0 Å². The molecule has 9 nitrogen and oxygen atoms in total. The van der Waals surface area contributed by atoms with E-state index in [4.69, 9.17) is 21.1 Å². The molecule has 0 bridgehead atoms. The first kappa shape index (κ1) is 22.9. The van der Waals surface area contributed by atoms with Gasteiger partial charge in [-0.25, -0.2) is 13.5 Å². The van der Waals surface area contributed by atoms with Crippen LogP contribution in [-0.2, 0) is 6.73 Å². The molecule has 0 fully saturated rings. The fourth-order valence-electron chi connectivity index (χ4n) is 2.61. The van der Waals surface area contributed by atoms with Crippen molar-refractivity contribution >= 4 is 28.9 Å². The van der Waals surface area contributed by atoms with Gasteiger partial charge < -0.3 is 14.8 Å². The van der Waals surface area contributed by atoms with Crippen molar-refractivity contribution < 1.29 is 28.0 Å². The van der Waals surface area contributed by atoms with Crippen LogP contribution in [0.1, 0.15) is 16.1 Å². The number of halogens is 3. The number of alkyl halides is 2. The van der Waals surface area contributed by atoms with E-state index in [-0.39, 0.29) is 23.9 Å². The number of anilines is 1. The Morgan fingerprint density at radius 3 is 2.75 bits per heavy atom. The third kappa shape index (κ3) is 6.14. The number of non-ortho nitro benzene ring substituents is 1. The maximum atomic E-state index is 12.5. The molecular formula is C20H17ClF2N4O5. The van der Waals surface area contributed by atoms with Crippen molar-refractivity contribution in [1.29, 1.82) is 0 Å². The number of nitro benzene ring substituents is 1. The van der Waals surface area contributed by atoms with E-state index in [1.54, 1.807) is 12.1 Å². The molecule has 0 saturated heterocycles. The summed E-state index contributed by atoms with van der Waals surface area (Å²) in [6.45, 7) is 0.931. The molecule has 3 rings (SSSR count). The van der Waals surface area contributed by atoms with E-state index >= 15 is 0 Å². The minimum Gasteiger partial charge on any atom is -0.487 e. The molecule has 1 aromatic heterocycles. The van der Waals surface area contributed by atoms with E-state index in [0.717, 1.165) is 17.7 Å². The fourth-order valence-corrected chi connectivity index (χ4v) is 2.78. The molecule has 32 heavy (non-hydrogen) atoms. The maximum Gasteiger partial charge on any atom is 0.276 e. The van der Waals surface area contributed by atoms with Crippen molar-refractivity contribution in [2.45, 2.75) is 20.1 Å². The van der Waals surface area contributed by atoms with E-state index in [1.807, 2.05) is 13.0 Å². The van der Waals surface area contributed by atoms with Gasteiger partial charge in [0.15, 0.2) is 12.4 Å². The molecule has 0 aliphatic rings. The van der Waals surface area contributed by atoms with Crippen LogP contribution in [0.5, 0.6) is 11.5 Å². The predicted octanol–water partition coefficient (Wildman–Crippen LogP) is 4.69. The largest absolute Gasteiger partial charge is 0.487 e. The monoisotopic (exact) mass is 466 g/mol. The normalized spacial score (nSPS) is 10.8. The Balaban J connectivity index is 1.69. The highest BCUT2D eigenvalue weighted by Gasteiger charge is 2.16. The fraction of sp³-hybridized carbons (Fsp3) is 0.200. The first-order valence-electron chi connectivity index (χ1n) is 9.15. The smallest absolute Gasteiger partial charge is 0.276 e. The van der Waals surface area contributed by atoms with Crippen LogP contribution in [0.2, 0.25) is 5.02 Å². The second-order valence-electron chi connectivity index (χ2n) is 6.58. The van der Waals surface area contributed by atoms with Crippen molar-refractivity contribution in [3.63, 3.8) is 0 Å². The summed E-state index contributed by atoms with van der Waals surface area (Å²) in [5.74, 6) is -0.387. The molecule has 0 saturated carbocycles. The first-order chi connectivity index (χ1) is 15.2. The minimum absolute atomic E-state index is 0.00509. The lowest BCUT2D eigenvalue weighted by Crippen LogP contribution is -2.15. The molecule has 0 unspecified atom stereocenters. The van der Waals surface area contributed by atoms with Crippen molar-refractivity contribution in [3.05, 3.63) is 75.1 Å². The number of nitrogens with zero attached hydrogens (tertiary/aromatic N) is 3. The van der Waals surface area contributed by atoms with Gasteiger partial charge >= 0.3 is 0 Å². The number of benzene rings is 2. The molecule has 2 aromatic carbocycles. The number of amides is 1. The highest BCUT2D eigenvalue weighted by atomic mass is 35.5. The summed E-state index contributed by atoms with van der Waals surface area (Å²) in [6, 6.07) is 9.98. The average Bonchev–Trinajstić information content (AvgIpc) is 3.22. The van der Waals surface area contributed by atoms with Crippen molar-refractivity contribution in [2.75, 3.05) is 11.9 Å². The molecule has 12 heteroatoms. The number of carbonyl (C=O) groups is 1. The van der Waals surface area contributed by atoms with Crippen molar-refractivity contribution in [3.8, 4) is 11.5 Å². The Morgan fingerprint density at radius 1 is 1.25 bits per heavy atom. The highest BCUT2D eigenvalue weighted by Crippen LogP contribution is 2.27. The van der Waals surface area contributed by atoms with Gasteiger partial charge in [-0.2, -0.15) is 5.10 Å². The van der Waals surface area contributed by atoms with Gasteiger partial charge in [0.25, 0.3) is 18.0 Å². The molecule has 0 spiro atoms. The number of ether oxygens (including phenoxy) is 2. The standard InChI is InChI=1S/C20H17ClF2N4O5/c1-12-2-3-16(21)18(6-12)32-11-26-5-4-17(25-26)20(28)24-13-7-14(27(29)30)9-15(8-13)31-10-19(22)23/h2-9,19H,10-11H2,1H3,(H,24,28). The molecule has 168 valence electrons. The summed E-state index contributed by atoms with van der Waals surface area (Å²) in [6.07, 6.45) is -1.25. The number of aromatic nitrogens is 2. The summed E-state index contributed by atoms with van der Waals surface area (Å²) in [7, 11) is 0. The van der Waals surface area contributed by atoms with Gasteiger partial charge in [-0.05, 0) is 30.7 Å². The molecule has 0 atom stereocenters. The Kier molecular flexibility index (Phi) is 7.21. The van der Waals surface area contributed by atoms with E-state index in [2.05, 4.69) is 10.4 Å². The van der Waals surface area contributed by atoms with Gasteiger partial charge in [-0.15, -0.1) is 0 Å². The van der Waals surface area contributed by atoms with Crippen LogP contribution >= 0.6 is 11.6 Å². The Morgan fingerprint density at radius 2 is 2.03 bits per heavy atom. The predicted molar refractivity (Wildman–Crippen MR) is 112 cm³/mol. The number of carbonyl (C=O) groups excluding carboxylic acids is 1. The number of hydrogen-bond donors (Lipinski definition) is 1. The van der Waals surface area contributed by atoms with Crippen molar-refractivity contribution in [1.82, 2.24) is 9.78 Å². The van der Waals surface area contributed by atoms with Gasteiger partial charge in [0.2, 0.25) is 0 Å². The van der Waals surface area contributed by atoms with Gasteiger partial charge in [0, 0.05) is 18.3 Å². The van der Waals surface area contributed by atoms with Crippen LogP contribution in [0.15, 0.2) is 48.7 Å². The Bertz CT molecular complexity index is 1140. The number of hydrogen-bond acceptors (Lipinski definition) is 6. The lowest BCUT2D eigenvalue weighted by Gasteiger charge is -2.09. The average molecular weight is 467 g/mol. The summed E-state index contributed by atoms with van der Waals surface area (Å²) < 4.78 is 36.5. The second-order valence-corrected chi connectivity index (χ2v) is 6.98. The molecule has 0 radical (unpaired) electrons. The first-order valence-corrected chi connectivity index (χ1v) is 9.53. The van der Waals surface area contributed by atoms with E-state index in [1.165, 1.54) is 23.0 Å². The number of aryl methyl sites for hydroxylation is 1. The zero-order valence-electron chi connectivity index (χ0n) is 16.6. The molecular weight excluding hydrogens is 450 g/mol. The number of nitro groups is 1. The zero-order valence-corrected chi connectivity index (χ0v) is 17.4.